The van der Waals surface area contributed by atoms with Crippen molar-refractivity contribution in [3.63, 3.8) is 0 Å². The SMILES string of the molecule is COC(=O)c1[nH]ncc1-c1cccc(C(=O)N[C@@H](c2ncnn2C)C(C)C)c1. The number of ether oxygens (including phenoxy) is 1. The van der Waals surface area contributed by atoms with Crippen LogP contribution in [0.1, 0.15) is 46.6 Å². The van der Waals surface area contributed by atoms with Crippen molar-refractivity contribution >= 4 is 11.9 Å². The van der Waals surface area contributed by atoms with E-state index < -0.39 is 5.97 Å². The van der Waals surface area contributed by atoms with Gasteiger partial charge in [0.2, 0.25) is 0 Å². The van der Waals surface area contributed by atoms with E-state index in [-0.39, 0.29) is 23.6 Å². The Hall–Kier alpha value is -3.49. The predicted octanol–water partition coefficient (Wildman–Crippen LogP) is 2.12. The number of aromatic nitrogens is 5. The number of esters is 1. The maximum absolute atomic E-state index is 12.9. The molecule has 0 saturated heterocycles. The second-order valence-electron chi connectivity index (χ2n) is 6.67. The van der Waals surface area contributed by atoms with Gasteiger partial charge in [0.05, 0.1) is 19.3 Å². The molecule has 0 saturated carbocycles. The van der Waals surface area contributed by atoms with Crippen molar-refractivity contribution < 1.29 is 14.3 Å². The van der Waals surface area contributed by atoms with Crippen molar-refractivity contribution in [2.45, 2.75) is 19.9 Å². The predicted molar refractivity (Wildman–Crippen MR) is 101 cm³/mol. The Kier molecular flexibility index (Phi) is 5.53. The highest BCUT2D eigenvalue weighted by molar-refractivity contribution is 5.98. The molecule has 0 aliphatic heterocycles. The van der Waals surface area contributed by atoms with Crippen LogP contribution in [0.25, 0.3) is 11.1 Å². The molecule has 0 radical (unpaired) electrons. The van der Waals surface area contributed by atoms with Gasteiger partial charge in [-0.15, -0.1) is 0 Å². The number of amides is 1. The molecule has 146 valence electrons. The van der Waals surface area contributed by atoms with Gasteiger partial charge in [0.15, 0.2) is 5.69 Å². The minimum absolute atomic E-state index is 0.120. The van der Waals surface area contributed by atoms with Gasteiger partial charge in [0.1, 0.15) is 12.2 Å². The Morgan fingerprint density at radius 3 is 2.71 bits per heavy atom. The Labute approximate surface area is 162 Å². The van der Waals surface area contributed by atoms with Gasteiger partial charge in [-0.3, -0.25) is 14.6 Å². The molecule has 0 aliphatic carbocycles. The van der Waals surface area contributed by atoms with E-state index in [1.165, 1.54) is 19.6 Å². The quantitative estimate of drug-likeness (QED) is 0.631. The van der Waals surface area contributed by atoms with Crippen molar-refractivity contribution in [1.29, 1.82) is 0 Å². The lowest BCUT2D eigenvalue weighted by Gasteiger charge is -2.21. The Morgan fingerprint density at radius 1 is 1.29 bits per heavy atom. The maximum Gasteiger partial charge on any atom is 0.356 e. The Balaban J connectivity index is 1.88. The van der Waals surface area contributed by atoms with Crippen LogP contribution in [-0.4, -0.2) is 43.9 Å². The van der Waals surface area contributed by atoms with Crippen LogP contribution in [0.2, 0.25) is 0 Å². The zero-order valence-electron chi connectivity index (χ0n) is 16.1. The fraction of sp³-hybridized carbons (Fsp3) is 0.316. The number of carbonyl (C=O) groups excluding carboxylic acids is 2. The summed E-state index contributed by atoms with van der Waals surface area (Å²) in [7, 11) is 3.09. The molecule has 1 amide bonds. The number of aryl methyl sites for hydroxylation is 1. The van der Waals surface area contributed by atoms with E-state index in [4.69, 9.17) is 4.74 Å². The van der Waals surface area contributed by atoms with Gasteiger partial charge in [-0.2, -0.15) is 10.2 Å². The minimum Gasteiger partial charge on any atom is -0.464 e. The number of benzene rings is 1. The number of hydrogen-bond acceptors (Lipinski definition) is 6. The maximum atomic E-state index is 12.9. The van der Waals surface area contributed by atoms with E-state index in [1.807, 2.05) is 13.8 Å². The lowest BCUT2D eigenvalue weighted by Crippen LogP contribution is -2.33. The van der Waals surface area contributed by atoms with Crippen LogP contribution in [0.15, 0.2) is 36.8 Å². The summed E-state index contributed by atoms with van der Waals surface area (Å²) in [6.45, 7) is 4.01. The van der Waals surface area contributed by atoms with E-state index in [0.717, 1.165) is 0 Å². The second kappa shape index (κ2) is 8.03. The molecule has 9 nitrogen and oxygen atoms in total. The number of hydrogen-bond donors (Lipinski definition) is 2. The molecule has 1 atom stereocenters. The van der Waals surface area contributed by atoms with Crippen LogP contribution in [0.3, 0.4) is 0 Å². The molecular weight excluding hydrogens is 360 g/mol. The van der Waals surface area contributed by atoms with Gasteiger partial charge in [-0.1, -0.05) is 26.0 Å². The number of nitrogens with one attached hydrogen (secondary N) is 2. The van der Waals surface area contributed by atoms with Gasteiger partial charge >= 0.3 is 5.97 Å². The average molecular weight is 382 g/mol. The number of H-pyrrole nitrogens is 1. The first-order valence-electron chi connectivity index (χ1n) is 8.79. The summed E-state index contributed by atoms with van der Waals surface area (Å²) in [5.74, 6) is 0.0355. The third kappa shape index (κ3) is 3.78. The third-order valence-corrected chi connectivity index (χ3v) is 4.44. The molecule has 3 aromatic rings. The number of rotatable bonds is 6. The first-order valence-corrected chi connectivity index (χ1v) is 8.79. The number of carbonyl (C=O) groups is 2. The zero-order valence-corrected chi connectivity index (χ0v) is 16.1. The summed E-state index contributed by atoms with van der Waals surface area (Å²) < 4.78 is 6.41. The van der Waals surface area contributed by atoms with E-state index in [0.29, 0.717) is 22.5 Å². The van der Waals surface area contributed by atoms with E-state index in [1.54, 1.807) is 36.0 Å². The molecule has 0 bridgehead atoms. The first-order chi connectivity index (χ1) is 13.4. The largest absolute Gasteiger partial charge is 0.464 e. The van der Waals surface area contributed by atoms with Crippen molar-refractivity contribution in [3.05, 3.63) is 53.9 Å². The lowest BCUT2D eigenvalue weighted by atomic mass is 10.0. The van der Waals surface area contributed by atoms with Crippen molar-refractivity contribution in [2.24, 2.45) is 13.0 Å². The van der Waals surface area contributed by atoms with Gasteiger partial charge in [0.25, 0.3) is 5.91 Å². The zero-order chi connectivity index (χ0) is 20.3. The molecule has 0 spiro atoms. The van der Waals surface area contributed by atoms with Crippen LogP contribution < -0.4 is 5.32 Å². The molecule has 0 aliphatic rings. The summed E-state index contributed by atoms with van der Waals surface area (Å²) in [5, 5.41) is 13.6. The number of nitrogens with zero attached hydrogens (tertiary/aromatic N) is 4. The van der Waals surface area contributed by atoms with E-state index in [2.05, 4.69) is 25.6 Å². The monoisotopic (exact) mass is 382 g/mol. The molecule has 0 fully saturated rings. The molecule has 9 heteroatoms. The van der Waals surface area contributed by atoms with Gasteiger partial charge in [-0.05, 0) is 23.6 Å². The Morgan fingerprint density at radius 2 is 2.07 bits per heavy atom. The average Bonchev–Trinajstić information content (AvgIpc) is 3.34. The van der Waals surface area contributed by atoms with E-state index in [9.17, 15) is 9.59 Å². The molecule has 2 heterocycles. The van der Waals surface area contributed by atoms with Crippen LogP contribution in [0.5, 0.6) is 0 Å². The molecule has 2 aromatic heterocycles. The Bertz CT molecular complexity index is 991. The standard InChI is InChI=1S/C19H22N6O3/c1-11(2)15(17-20-10-22-25(17)3)23-18(26)13-7-5-6-12(8-13)14-9-21-24-16(14)19(27)28-4/h5-11,15H,1-4H3,(H,21,24)(H,23,26)/t15-/m1/s1. The summed E-state index contributed by atoms with van der Waals surface area (Å²) in [6, 6.07) is 6.69. The van der Waals surface area contributed by atoms with Gasteiger partial charge < -0.3 is 10.1 Å². The lowest BCUT2D eigenvalue weighted by molar-refractivity contribution is 0.0594. The molecule has 2 N–H and O–H groups in total. The van der Waals surface area contributed by atoms with Gasteiger partial charge in [0, 0.05) is 18.2 Å². The number of aromatic amines is 1. The van der Waals surface area contributed by atoms with Gasteiger partial charge in [-0.25, -0.2) is 9.78 Å². The van der Waals surface area contributed by atoms with Crippen molar-refractivity contribution in [3.8, 4) is 11.1 Å². The van der Waals surface area contributed by atoms with Crippen LogP contribution >= 0.6 is 0 Å². The van der Waals surface area contributed by atoms with Crippen LogP contribution in [0, 0.1) is 5.92 Å². The number of methoxy groups -OCH3 is 1. The topological polar surface area (TPSA) is 115 Å². The van der Waals surface area contributed by atoms with Crippen LogP contribution in [-0.2, 0) is 11.8 Å². The smallest absolute Gasteiger partial charge is 0.356 e. The molecular formula is C19H22N6O3. The first kappa shape index (κ1) is 19.3. The highest BCUT2D eigenvalue weighted by atomic mass is 16.5. The fourth-order valence-electron chi connectivity index (χ4n) is 2.93. The summed E-state index contributed by atoms with van der Waals surface area (Å²) in [5.41, 5.74) is 1.94. The highest BCUT2D eigenvalue weighted by Gasteiger charge is 2.24. The van der Waals surface area contributed by atoms with E-state index >= 15 is 0 Å². The highest BCUT2D eigenvalue weighted by Crippen LogP contribution is 2.25. The molecule has 1 aromatic carbocycles. The normalized spacial score (nSPS) is 12.0. The van der Waals surface area contributed by atoms with Crippen LogP contribution in [0.4, 0.5) is 0 Å². The van der Waals surface area contributed by atoms with Crippen molar-refractivity contribution in [1.82, 2.24) is 30.3 Å². The molecule has 0 unspecified atom stereocenters. The summed E-state index contributed by atoms with van der Waals surface area (Å²) >= 11 is 0. The molecule has 28 heavy (non-hydrogen) atoms. The summed E-state index contributed by atoms with van der Waals surface area (Å²) in [6.07, 6.45) is 2.99. The molecule has 3 rings (SSSR count). The fourth-order valence-corrected chi connectivity index (χ4v) is 2.93. The third-order valence-electron chi connectivity index (χ3n) is 4.44. The summed E-state index contributed by atoms with van der Waals surface area (Å²) in [4.78, 5) is 29.0. The minimum atomic E-state index is -0.524. The second-order valence-corrected chi connectivity index (χ2v) is 6.67. The van der Waals surface area contributed by atoms with Crippen molar-refractivity contribution in [2.75, 3.05) is 7.11 Å².